The number of fused-ring (bicyclic) bond motifs is 5. The average Bonchev–Trinajstić information content (AvgIpc) is 3.11. The first kappa shape index (κ1) is 17.6. The normalized spacial score (nSPS) is 21.7. The van der Waals surface area contributed by atoms with E-state index in [1.165, 1.54) is 23.4 Å². The van der Waals surface area contributed by atoms with Gasteiger partial charge < -0.3 is 9.88 Å². The highest BCUT2D eigenvalue weighted by Crippen LogP contribution is 2.41. The van der Waals surface area contributed by atoms with Crippen molar-refractivity contribution in [1.29, 1.82) is 0 Å². The van der Waals surface area contributed by atoms with Crippen molar-refractivity contribution in [2.45, 2.75) is 18.9 Å². The molecule has 3 aromatic rings. The Kier molecular flexibility index (Phi) is 3.81. The van der Waals surface area contributed by atoms with Crippen molar-refractivity contribution in [2.24, 2.45) is 5.10 Å². The summed E-state index contributed by atoms with van der Waals surface area (Å²) in [5.41, 5.74) is 2.29. The summed E-state index contributed by atoms with van der Waals surface area (Å²) < 4.78 is 13.1. The first-order valence-corrected chi connectivity index (χ1v) is 9.50. The molecule has 0 bridgehead atoms. The zero-order valence-electron chi connectivity index (χ0n) is 15.9. The maximum Gasteiger partial charge on any atom is 0.275 e. The maximum absolute atomic E-state index is 13.5. The van der Waals surface area contributed by atoms with E-state index in [-0.39, 0.29) is 24.2 Å². The molecule has 1 N–H and O–H groups in total. The summed E-state index contributed by atoms with van der Waals surface area (Å²) in [6.45, 7) is 2.16. The molecule has 2 aliphatic rings. The molecule has 3 heterocycles. The fourth-order valence-electron chi connectivity index (χ4n) is 4.37. The van der Waals surface area contributed by atoms with Crippen molar-refractivity contribution >= 4 is 28.9 Å². The summed E-state index contributed by atoms with van der Waals surface area (Å²) in [6.07, 6.45) is 2.17. The number of hydrogen-bond donors (Lipinski definition) is 1. The van der Waals surface area contributed by atoms with Crippen molar-refractivity contribution < 1.29 is 14.0 Å². The third-order valence-corrected chi connectivity index (χ3v) is 5.88. The molecule has 5 rings (SSSR count). The number of H-pyrrole nitrogens is 1. The predicted molar refractivity (Wildman–Crippen MR) is 107 cm³/mol. The molecule has 146 valence electrons. The van der Waals surface area contributed by atoms with Gasteiger partial charge in [-0.15, -0.1) is 0 Å². The van der Waals surface area contributed by atoms with Crippen molar-refractivity contribution in [2.75, 3.05) is 13.1 Å². The second-order valence-electron chi connectivity index (χ2n) is 7.55. The van der Waals surface area contributed by atoms with Crippen LogP contribution in [0.25, 0.3) is 10.9 Å². The minimum Gasteiger partial charge on any atom is -0.356 e. The van der Waals surface area contributed by atoms with Gasteiger partial charge >= 0.3 is 0 Å². The molecule has 7 heteroatoms. The molecule has 1 saturated heterocycles. The Balaban J connectivity index is 1.56. The second-order valence-corrected chi connectivity index (χ2v) is 7.55. The number of carbonyl (C=O) groups excluding carboxylic acids is 2. The number of benzene rings is 2. The highest BCUT2D eigenvalue weighted by molar-refractivity contribution is 6.01. The van der Waals surface area contributed by atoms with Gasteiger partial charge in [0.1, 0.15) is 12.4 Å². The molecule has 0 aliphatic carbocycles. The SMILES string of the molecule is C[C@]12C(=O)N(/N=C\c3ccc(F)cc3)CC(=O)N1CCc1c2[nH]c2ccccc12. The number of aromatic nitrogens is 1. The lowest BCUT2D eigenvalue weighted by atomic mass is 9.83. The van der Waals surface area contributed by atoms with E-state index in [9.17, 15) is 14.0 Å². The van der Waals surface area contributed by atoms with Crippen LogP contribution in [0, 0.1) is 5.82 Å². The van der Waals surface area contributed by atoms with Crippen LogP contribution in [0.4, 0.5) is 4.39 Å². The Bertz CT molecular complexity index is 1170. The molecule has 0 radical (unpaired) electrons. The van der Waals surface area contributed by atoms with Crippen molar-refractivity contribution in [3.63, 3.8) is 0 Å². The van der Waals surface area contributed by atoms with Crippen LogP contribution in [0.1, 0.15) is 23.7 Å². The Labute approximate surface area is 166 Å². The molecule has 0 saturated carbocycles. The van der Waals surface area contributed by atoms with Gasteiger partial charge in [-0.3, -0.25) is 9.59 Å². The molecular formula is C22H19FN4O2. The number of nitrogens with one attached hydrogen (secondary N) is 1. The minimum absolute atomic E-state index is 0.109. The molecule has 1 atom stereocenters. The first-order chi connectivity index (χ1) is 14.0. The van der Waals surface area contributed by atoms with Gasteiger partial charge in [0.05, 0.1) is 11.9 Å². The van der Waals surface area contributed by atoms with Gasteiger partial charge in [0, 0.05) is 17.4 Å². The van der Waals surface area contributed by atoms with E-state index in [0.29, 0.717) is 18.5 Å². The number of piperazine rings is 1. The van der Waals surface area contributed by atoms with Gasteiger partial charge in [0.15, 0.2) is 5.54 Å². The number of amides is 2. The van der Waals surface area contributed by atoms with Crippen LogP contribution in [-0.2, 0) is 21.5 Å². The van der Waals surface area contributed by atoms with Crippen molar-refractivity contribution in [1.82, 2.24) is 14.9 Å². The highest BCUT2D eigenvalue weighted by atomic mass is 19.1. The topological polar surface area (TPSA) is 68.8 Å². The molecule has 0 spiro atoms. The predicted octanol–water partition coefficient (Wildman–Crippen LogP) is 2.78. The van der Waals surface area contributed by atoms with Crippen LogP contribution in [0.3, 0.4) is 0 Å². The number of aromatic amines is 1. The minimum atomic E-state index is -1.14. The van der Waals surface area contributed by atoms with Crippen LogP contribution in [0.2, 0.25) is 0 Å². The number of carbonyl (C=O) groups is 2. The van der Waals surface area contributed by atoms with Crippen LogP contribution in [0.15, 0.2) is 53.6 Å². The number of nitrogens with zero attached hydrogens (tertiary/aromatic N) is 3. The fourth-order valence-corrected chi connectivity index (χ4v) is 4.37. The highest BCUT2D eigenvalue weighted by Gasteiger charge is 2.54. The average molecular weight is 390 g/mol. The Hall–Kier alpha value is -3.48. The van der Waals surface area contributed by atoms with Gasteiger partial charge in [-0.2, -0.15) is 5.10 Å². The summed E-state index contributed by atoms with van der Waals surface area (Å²) in [6, 6.07) is 13.7. The van der Waals surface area contributed by atoms with Crippen molar-refractivity contribution in [3.8, 4) is 0 Å². The monoisotopic (exact) mass is 390 g/mol. The molecular weight excluding hydrogens is 371 g/mol. The van der Waals surface area contributed by atoms with Crippen LogP contribution < -0.4 is 0 Å². The molecule has 0 unspecified atom stereocenters. The Morgan fingerprint density at radius 3 is 2.69 bits per heavy atom. The number of halogens is 1. The zero-order chi connectivity index (χ0) is 20.2. The number of para-hydroxylation sites is 1. The standard InChI is InChI=1S/C22H19FN4O2/c1-22-20-17(16-4-2-3-5-18(16)25-20)10-11-26(22)19(28)13-27(21(22)29)24-12-14-6-8-15(23)9-7-14/h2-9,12,25H,10-11,13H2,1H3/b24-12-/t22-/m0/s1. The summed E-state index contributed by atoms with van der Waals surface area (Å²) in [5, 5.41) is 6.54. The summed E-state index contributed by atoms with van der Waals surface area (Å²) >= 11 is 0. The van der Waals surface area contributed by atoms with E-state index in [1.54, 1.807) is 24.0 Å². The third kappa shape index (κ3) is 2.57. The van der Waals surface area contributed by atoms with Gasteiger partial charge in [-0.05, 0) is 42.7 Å². The van der Waals surface area contributed by atoms with Gasteiger partial charge in [-0.25, -0.2) is 9.40 Å². The summed E-state index contributed by atoms with van der Waals surface area (Å²) in [4.78, 5) is 31.4. The van der Waals surface area contributed by atoms with E-state index < -0.39 is 5.54 Å². The first-order valence-electron chi connectivity index (χ1n) is 9.50. The molecule has 6 nitrogen and oxygen atoms in total. The van der Waals surface area contributed by atoms with Gasteiger partial charge in [0.25, 0.3) is 5.91 Å². The number of hydrogen-bond acceptors (Lipinski definition) is 3. The largest absolute Gasteiger partial charge is 0.356 e. The van der Waals surface area contributed by atoms with E-state index in [0.717, 1.165) is 22.2 Å². The zero-order valence-corrected chi connectivity index (χ0v) is 15.9. The summed E-state index contributed by atoms with van der Waals surface area (Å²) in [7, 11) is 0. The lowest BCUT2D eigenvalue weighted by molar-refractivity contribution is -0.165. The molecule has 2 aliphatic heterocycles. The molecule has 2 amide bonds. The van der Waals surface area contributed by atoms with Crippen molar-refractivity contribution in [3.05, 3.63) is 71.2 Å². The lowest BCUT2D eigenvalue weighted by Crippen LogP contribution is -2.65. The molecule has 1 aromatic heterocycles. The van der Waals surface area contributed by atoms with Gasteiger partial charge in [0.2, 0.25) is 5.91 Å². The quantitative estimate of drug-likeness (QED) is 0.684. The summed E-state index contributed by atoms with van der Waals surface area (Å²) in [5.74, 6) is -0.751. The number of hydrazone groups is 1. The Morgan fingerprint density at radius 2 is 1.90 bits per heavy atom. The molecule has 1 fully saturated rings. The third-order valence-electron chi connectivity index (χ3n) is 5.88. The van der Waals surface area contributed by atoms with E-state index >= 15 is 0 Å². The number of rotatable bonds is 2. The van der Waals surface area contributed by atoms with E-state index in [4.69, 9.17) is 0 Å². The van der Waals surface area contributed by atoms with Crippen LogP contribution >= 0.6 is 0 Å². The van der Waals surface area contributed by atoms with E-state index in [1.807, 2.05) is 24.3 Å². The smallest absolute Gasteiger partial charge is 0.275 e. The van der Waals surface area contributed by atoms with Gasteiger partial charge in [-0.1, -0.05) is 30.3 Å². The molecule has 2 aromatic carbocycles. The lowest BCUT2D eigenvalue weighted by Gasteiger charge is -2.48. The fraction of sp³-hybridized carbons (Fsp3) is 0.227. The van der Waals surface area contributed by atoms with E-state index in [2.05, 4.69) is 10.1 Å². The maximum atomic E-state index is 13.5. The Morgan fingerprint density at radius 1 is 1.14 bits per heavy atom. The van der Waals surface area contributed by atoms with Crippen LogP contribution in [-0.4, -0.2) is 46.0 Å². The second kappa shape index (κ2) is 6.27. The van der Waals surface area contributed by atoms with Crippen LogP contribution in [0.5, 0.6) is 0 Å². The molecule has 29 heavy (non-hydrogen) atoms.